The van der Waals surface area contributed by atoms with Crippen LogP contribution in [-0.2, 0) is 9.53 Å². The van der Waals surface area contributed by atoms with Gasteiger partial charge in [-0.25, -0.2) is 9.18 Å². The summed E-state index contributed by atoms with van der Waals surface area (Å²) in [7, 11) is 0. The minimum Gasteiger partial charge on any atom is -0.464 e. The third-order valence-corrected chi connectivity index (χ3v) is 5.28. The van der Waals surface area contributed by atoms with Gasteiger partial charge in [-0.1, -0.05) is 90.0 Å². The van der Waals surface area contributed by atoms with E-state index in [-0.39, 0.29) is 5.56 Å². The molecule has 1 N–H and O–H groups in total. The van der Waals surface area contributed by atoms with Crippen molar-refractivity contribution in [3.8, 4) is 0 Å². The average Bonchev–Trinajstić information content (AvgIpc) is 2.73. The van der Waals surface area contributed by atoms with Gasteiger partial charge >= 0.3 is 5.97 Å². The number of halogens is 1. The van der Waals surface area contributed by atoms with Crippen molar-refractivity contribution < 1.29 is 18.7 Å². The fourth-order valence-electron chi connectivity index (χ4n) is 3.39. The van der Waals surface area contributed by atoms with Crippen molar-refractivity contribution in [2.24, 2.45) is 0 Å². The van der Waals surface area contributed by atoms with Crippen LogP contribution in [0.15, 0.2) is 24.3 Å². The summed E-state index contributed by atoms with van der Waals surface area (Å²) in [6.45, 7) is 4.20. The number of unbranched alkanes of at least 4 members (excludes halogenated alkanes) is 12. The van der Waals surface area contributed by atoms with Crippen molar-refractivity contribution in [2.75, 3.05) is 6.61 Å². The molecule has 4 nitrogen and oxygen atoms in total. The number of carbonyl (C=O) groups excluding carboxylic acids is 2. The Labute approximate surface area is 182 Å². The number of esters is 1. The molecule has 0 aliphatic carbocycles. The largest absolute Gasteiger partial charge is 0.464 e. The number of ether oxygens (including phenoxy) is 1. The average molecular weight is 422 g/mol. The van der Waals surface area contributed by atoms with Gasteiger partial charge < -0.3 is 10.1 Å². The molecular weight excluding hydrogens is 381 g/mol. The molecule has 1 rings (SSSR count). The summed E-state index contributed by atoms with van der Waals surface area (Å²) >= 11 is 0. The van der Waals surface area contributed by atoms with E-state index in [1.54, 1.807) is 6.92 Å². The molecule has 0 aliphatic rings. The van der Waals surface area contributed by atoms with Gasteiger partial charge in [0, 0.05) is 5.56 Å². The number of nitrogens with one attached hydrogen (secondary N) is 1. The molecule has 0 saturated carbocycles. The van der Waals surface area contributed by atoms with Gasteiger partial charge in [-0.3, -0.25) is 4.79 Å². The molecule has 0 saturated heterocycles. The summed E-state index contributed by atoms with van der Waals surface area (Å²) in [6, 6.07) is 4.61. The van der Waals surface area contributed by atoms with Crippen molar-refractivity contribution in [3.05, 3.63) is 35.6 Å². The molecule has 170 valence electrons. The number of amides is 1. The molecule has 0 bridgehead atoms. The third kappa shape index (κ3) is 12.6. The van der Waals surface area contributed by atoms with Crippen molar-refractivity contribution in [3.63, 3.8) is 0 Å². The number of carbonyl (C=O) groups is 2. The molecule has 0 radical (unpaired) electrons. The van der Waals surface area contributed by atoms with E-state index in [1.807, 2.05) is 0 Å². The lowest BCUT2D eigenvalue weighted by atomic mass is 10.0. The first-order valence-corrected chi connectivity index (χ1v) is 11.8. The smallest absolute Gasteiger partial charge is 0.328 e. The Kier molecular flexibility index (Phi) is 14.7. The van der Waals surface area contributed by atoms with Crippen molar-refractivity contribution in [2.45, 2.75) is 103 Å². The van der Waals surface area contributed by atoms with Crippen LogP contribution in [0.25, 0.3) is 0 Å². The highest BCUT2D eigenvalue weighted by Crippen LogP contribution is 2.12. The predicted octanol–water partition coefficient (Wildman–Crippen LogP) is 6.58. The zero-order chi connectivity index (χ0) is 22.0. The minimum absolute atomic E-state index is 0.186. The van der Waals surface area contributed by atoms with E-state index in [9.17, 15) is 14.0 Å². The number of hydrogen-bond acceptors (Lipinski definition) is 3. The van der Waals surface area contributed by atoms with Crippen LogP contribution in [0, 0.1) is 5.82 Å². The maximum absolute atomic E-state index is 13.2. The van der Waals surface area contributed by atoms with Crippen LogP contribution in [0.2, 0.25) is 0 Å². The van der Waals surface area contributed by atoms with E-state index in [0.29, 0.717) is 6.61 Å². The summed E-state index contributed by atoms with van der Waals surface area (Å²) in [4.78, 5) is 24.0. The normalized spacial score (nSPS) is 11.8. The van der Waals surface area contributed by atoms with Gasteiger partial charge in [0.25, 0.3) is 5.91 Å². The highest BCUT2D eigenvalue weighted by Gasteiger charge is 2.18. The number of hydrogen-bond donors (Lipinski definition) is 1. The monoisotopic (exact) mass is 421 g/mol. The molecule has 0 aliphatic heterocycles. The van der Waals surface area contributed by atoms with Crippen molar-refractivity contribution >= 4 is 11.9 Å². The van der Waals surface area contributed by atoms with E-state index in [2.05, 4.69) is 12.2 Å². The second-order valence-electron chi connectivity index (χ2n) is 8.12. The minimum atomic E-state index is -0.761. The fourth-order valence-corrected chi connectivity index (χ4v) is 3.39. The van der Waals surface area contributed by atoms with Gasteiger partial charge in [0.2, 0.25) is 0 Å². The summed E-state index contributed by atoms with van der Waals surface area (Å²) < 4.78 is 18.4. The van der Waals surface area contributed by atoms with Crippen LogP contribution in [0.1, 0.15) is 108 Å². The number of benzene rings is 1. The van der Waals surface area contributed by atoms with Gasteiger partial charge in [-0.15, -0.1) is 0 Å². The molecule has 0 fully saturated rings. The Bertz CT molecular complexity index is 606. The topological polar surface area (TPSA) is 55.4 Å². The van der Waals surface area contributed by atoms with E-state index in [0.717, 1.165) is 18.9 Å². The molecule has 0 aromatic heterocycles. The van der Waals surface area contributed by atoms with E-state index in [1.165, 1.54) is 88.8 Å². The molecule has 0 spiro atoms. The molecule has 1 atom stereocenters. The van der Waals surface area contributed by atoms with Crippen LogP contribution in [0.4, 0.5) is 4.39 Å². The van der Waals surface area contributed by atoms with E-state index < -0.39 is 23.7 Å². The van der Waals surface area contributed by atoms with Crippen LogP contribution >= 0.6 is 0 Å². The number of rotatable bonds is 17. The lowest BCUT2D eigenvalue weighted by Crippen LogP contribution is -2.39. The molecule has 1 aromatic rings. The second kappa shape index (κ2) is 16.8. The fraction of sp³-hybridized carbons (Fsp3) is 0.680. The molecule has 1 amide bonds. The van der Waals surface area contributed by atoms with Crippen LogP contribution < -0.4 is 5.32 Å². The SMILES string of the molecule is CCCCCCCCCCCCCCCOC(=O)[C@H](C)NC(=O)c1cccc(F)c1. The van der Waals surface area contributed by atoms with Gasteiger partial charge in [-0.05, 0) is 31.5 Å². The van der Waals surface area contributed by atoms with E-state index in [4.69, 9.17) is 4.74 Å². The molecule has 0 heterocycles. The van der Waals surface area contributed by atoms with Crippen LogP contribution in [-0.4, -0.2) is 24.5 Å². The zero-order valence-electron chi connectivity index (χ0n) is 18.9. The molecule has 30 heavy (non-hydrogen) atoms. The van der Waals surface area contributed by atoms with Crippen LogP contribution in [0.5, 0.6) is 0 Å². The van der Waals surface area contributed by atoms with Gasteiger partial charge in [0.1, 0.15) is 11.9 Å². The summed E-state index contributed by atoms with van der Waals surface area (Å²) in [6.07, 6.45) is 16.5. The quantitative estimate of drug-likeness (QED) is 0.228. The Morgan fingerprint density at radius 3 is 1.97 bits per heavy atom. The standard InChI is InChI=1S/C25H40FNO3/c1-3-4-5-6-7-8-9-10-11-12-13-14-15-19-30-25(29)21(2)27-24(28)22-17-16-18-23(26)20-22/h16-18,20-21H,3-15,19H2,1-2H3,(H,27,28)/t21-/m0/s1. The first-order chi connectivity index (χ1) is 14.5. The third-order valence-electron chi connectivity index (χ3n) is 5.28. The van der Waals surface area contributed by atoms with Gasteiger partial charge in [0.15, 0.2) is 0 Å². The van der Waals surface area contributed by atoms with Crippen LogP contribution in [0.3, 0.4) is 0 Å². The molecule has 1 aromatic carbocycles. The highest BCUT2D eigenvalue weighted by atomic mass is 19.1. The van der Waals surface area contributed by atoms with Crippen molar-refractivity contribution in [1.29, 1.82) is 0 Å². The Balaban J connectivity index is 1.97. The zero-order valence-corrected chi connectivity index (χ0v) is 18.9. The Morgan fingerprint density at radius 2 is 1.43 bits per heavy atom. The summed E-state index contributed by atoms with van der Waals surface area (Å²) in [5, 5.41) is 2.54. The van der Waals surface area contributed by atoms with E-state index >= 15 is 0 Å². The lowest BCUT2D eigenvalue weighted by Gasteiger charge is -2.13. The predicted molar refractivity (Wildman–Crippen MR) is 120 cm³/mol. The molecular formula is C25H40FNO3. The Hall–Kier alpha value is -1.91. The second-order valence-corrected chi connectivity index (χ2v) is 8.12. The summed E-state index contributed by atoms with van der Waals surface area (Å²) in [5.74, 6) is -1.43. The summed E-state index contributed by atoms with van der Waals surface area (Å²) in [5.41, 5.74) is 0.186. The van der Waals surface area contributed by atoms with Gasteiger partial charge in [0.05, 0.1) is 6.61 Å². The Morgan fingerprint density at radius 1 is 0.900 bits per heavy atom. The van der Waals surface area contributed by atoms with Crippen molar-refractivity contribution in [1.82, 2.24) is 5.32 Å². The highest BCUT2D eigenvalue weighted by molar-refractivity contribution is 5.96. The maximum atomic E-state index is 13.2. The molecule has 5 heteroatoms. The lowest BCUT2D eigenvalue weighted by molar-refractivity contribution is -0.145. The first-order valence-electron chi connectivity index (χ1n) is 11.8. The maximum Gasteiger partial charge on any atom is 0.328 e. The molecule has 0 unspecified atom stereocenters. The first kappa shape index (κ1) is 26.1. The van der Waals surface area contributed by atoms with Gasteiger partial charge in [-0.2, -0.15) is 0 Å².